The first-order valence-corrected chi connectivity index (χ1v) is 10.4. The average molecular weight is 429 g/mol. The van der Waals surface area contributed by atoms with Crippen molar-refractivity contribution in [2.75, 3.05) is 7.11 Å². The van der Waals surface area contributed by atoms with Crippen LogP contribution in [-0.2, 0) is 6.54 Å². The zero-order valence-corrected chi connectivity index (χ0v) is 18.0. The number of aromatic nitrogens is 2. The lowest BCUT2D eigenvalue weighted by Crippen LogP contribution is -2.27. The maximum atomic E-state index is 13.6. The van der Waals surface area contributed by atoms with Gasteiger partial charge in [0, 0.05) is 11.8 Å². The molecule has 4 aromatic rings. The maximum Gasteiger partial charge on any atom is 0.255 e. The highest BCUT2D eigenvalue weighted by molar-refractivity contribution is 6.00. The van der Waals surface area contributed by atoms with Crippen LogP contribution in [0.1, 0.15) is 34.5 Å². The van der Waals surface area contributed by atoms with E-state index in [9.17, 15) is 9.18 Å². The molecule has 1 unspecified atom stereocenters. The van der Waals surface area contributed by atoms with Gasteiger partial charge in [0.1, 0.15) is 17.3 Å². The van der Waals surface area contributed by atoms with E-state index in [1.54, 1.807) is 30.1 Å². The Morgan fingerprint density at radius 2 is 1.81 bits per heavy atom. The van der Waals surface area contributed by atoms with Gasteiger partial charge >= 0.3 is 0 Å². The fourth-order valence-corrected chi connectivity index (χ4v) is 3.61. The van der Waals surface area contributed by atoms with E-state index < -0.39 is 0 Å². The molecule has 0 fully saturated rings. The second-order valence-electron chi connectivity index (χ2n) is 7.52. The summed E-state index contributed by atoms with van der Waals surface area (Å²) in [4.78, 5) is 13.3. The van der Waals surface area contributed by atoms with Crippen molar-refractivity contribution in [3.63, 3.8) is 0 Å². The molecule has 0 aliphatic heterocycles. The summed E-state index contributed by atoms with van der Waals surface area (Å²) in [5.41, 5.74) is 3.44. The lowest BCUT2D eigenvalue weighted by Gasteiger charge is -2.15. The minimum atomic E-state index is -0.374. The van der Waals surface area contributed by atoms with Crippen molar-refractivity contribution in [3.8, 4) is 17.0 Å². The summed E-state index contributed by atoms with van der Waals surface area (Å²) in [5, 5.41) is 7.68. The summed E-state index contributed by atoms with van der Waals surface area (Å²) in [6, 6.07) is 23.2. The van der Waals surface area contributed by atoms with Gasteiger partial charge in [-0.3, -0.25) is 9.48 Å². The van der Waals surface area contributed by atoms with Crippen molar-refractivity contribution >= 4 is 5.91 Å². The normalized spacial score (nSPS) is 11.7. The van der Waals surface area contributed by atoms with Gasteiger partial charge in [-0.2, -0.15) is 5.10 Å². The monoisotopic (exact) mass is 429 g/mol. The van der Waals surface area contributed by atoms with Gasteiger partial charge < -0.3 is 10.1 Å². The van der Waals surface area contributed by atoms with Crippen LogP contribution in [0.15, 0.2) is 85.1 Å². The molecule has 162 valence electrons. The topological polar surface area (TPSA) is 56.2 Å². The first-order chi connectivity index (χ1) is 15.5. The third kappa shape index (κ3) is 4.70. The predicted molar refractivity (Wildman–Crippen MR) is 122 cm³/mol. The highest BCUT2D eigenvalue weighted by Crippen LogP contribution is 2.31. The number of ether oxygens (including phenoxy) is 1. The summed E-state index contributed by atoms with van der Waals surface area (Å²) in [5.74, 6) is 0.000611. The molecule has 1 atom stereocenters. The molecule has 0 aliphatic carbocycles. The molecule has 3 aromatic carbocycles. The standard InChI is InChI=1S/C26H24FN3O2/c1-18(20-11-8-12-21(27)15-20)28-26(31)23-17-30(16-19-9-4-3-5-10-19)29-25(23)22-13-6-7-14-24(22)32-2/h3-15,17-18H,16H2,1-2H3,(H,28,31). The zero-order valence-electron chi connectivity index (χ0n) is 18.0. The van der Waals surface area contributed by atoms with Crippen molar-refractivity contribution < 1.29 is 13.9 Å². The molecule has 0 radical (unpaired) electrons. The molecule has 5 nitrogen and oxygen atoms in total. The third-order valence-electron chi connectivity index (χ3n) is 5.25. The van der Waals surface area contributed by atoms with E-state index in [0.29, 0.717) is 29.1 Å². The molecular formula is C26H24FN3O2. The van der Waals surface area contributed by atoms with Crippen LogP contribution in [0.2, 0.25) is 0 Å². The summed E-state index contributed by atoms with van der Waals surface area (Å²) < 4.78 is 20.9. The molecule has 0 saturated carbocycles. The van der Waals surface area contributed by atoms with Crippen LogP contribution in [0.25, 0.3) is 11.3 Å². The van der Waals surface area contributed by atoms with E-state index in [-0.39, 0.29) is 17.8 Å². The van der Waals surface area contributed by atoms with Crippen LogP contribution >= 0.6 is 0 Å². The molecule has 1 aromatic heterocycles. The van der Waals surface area contributed by atoms with Crippen molar-refractivity contribution in [2.45, 2.75) is 19.5 Å². The predicted octanol–water partition coefficient (Wildman–Crippen LogP) is 5.24. The van der Waals surface area contributed by atoms with Crippen LogP contribution in [0.4, 0.5) is 4.39 Å². The van der Waals surface area contributed by atoms with Crippen molar-refractivity contribution in [3.05, 3.63) is 108 Å². The van der Waals surface area contributed by atoms with E-state index in [0.717, 1.165) is 11.1 Å². The number of halogens is 1. The molecule has 0 aliphatic rings. The lowest BCUT2D eigenvalue weighted by atomic mass is 10.0. The number of methoxy groups -OCH3 is 1. The Bertz CT molecular complexity index is 1220. The first kappa shape index (κ1) is 21.3. The zero-order chi connectivity index (χ0) is 22.5. The second-order valence-corrected chi connectivity index (χ2v) is 7.52. The van der Waals surface area contributed by atoms with Gasteiger partial charge in [0.05, 0.1) is 25.3 Å². The van der Waals surface area contributed by atoms with Gasteiger partial charge in [0.15, 0.2) is 0 Å². The number of rotatable bonds is 7. The first-order valence-electron chi connectivity index (χ1n) is 10.4. The van der Waals surface area contributed by atoms with E-state index in [2.05, 4.69) is 5.32 Å². The van der Waals surface area contributed by atoms with Crippen molar-refractivity contribution in [1.82, 2.24) is 15.1 Å². The summed E-state index contributed by atoms with van der Waals surface area (Å²) in [6.07, 6.45) is 1.74. The number of amides is 1. The van der Waals surface area contributed by atoms with Crippen LogP contribution in [0.5, 0.6) is 5.75 Å². The molecule has 0 spiro atoms. The van der Waals surface area contributed by atoms with Crippen molar-refractivity contribution in [2.24, 2.45) is 0 Å². The molecule has 0 saturated heterocycles. The molecule has 1 amide bonds. The maximum absolute atomic E-state index is 13.6. The Morgan fingerprint density at radius 3 is 2.56 bits per heavy atom. The van der Waals surface area contributed by atoms with Gasteiger partial charge in [0.25, 0.3) is 5.91 Å². The number of carbonyl (C=O) groups is 1. The number of hydrogen-bond donors (Lipinski definition) is 1. The fraction of sp³-hybridized carbons (Fsp3) is 0.154. The number of benzene rings is 3. The number of nitrogens with one attached hydrogen (secondary N) is 1. The molecule has 0 bridgehead atoms. The van der Waals surface area contributed by atoms with E-state index in [1.807, 2.05) is 61.5 Å². The summed E-state index contributed by atoms with van der Waals surface area (Å²) in [6.45, 7) is 2.35. The Kier molecular flexibility index (Phi) is 6.31. The van der Waals surface area contributed by atoms with E-state index >= 15 is 0 Å². The Labute approximate surface area is 186 Å². The summed E-state index contributed by atoms with van der Waals surface area (Å²) in [7, 11) is 1.59. The Morgan fingerprint density at radius 1 is 1.06 bits per heavy atom. The number of hydrogen-bond acceptors (Lipinski definition) is 3. The Balaban J connectivity index is 1.69. The number of para-hydroxylation sites is 1. The van der Waals surface area contributed by atoms with Gasteiger partial charge in [-0.05, 0) is 42.3 Å². The number of nitrogens with zero attached hydrogens (tertiary/aromatic N) is 2. The molecule has 1 N–H and O–H groups in total. The lowest BCUT2D eigenvalue weighted by molar-refractivity contribution is 0.0940. The minimum Gasteiger partial charge on any atom is -0.496 e. The van der Waals surface area contributed by atoms with Crippen molar-refractivity contribution in [1.29, 1.82) is 0 Å². The van der Waals surface area contributed by atoms with Gasteiger partial charge in [-0.25, -0.2) is 4.39 Å². The van der Waals surface area contributed by atoms with Crippen LogP contribution < -0.4 is 10.1 Å². The van der Waals surface area contributed by atoms with Gasteiger partial charge in [0.2, 0.25) is 0 Å². The summed E-state index contributed by atoms with van der Waals surface area (Å²) >= 11 is 0. The van der Waals surface area contributed by atoms with E-state index in [4.69, 9.17) is 9.84 Å². The fourth-order valence-electron chi connectivity index (χ4n) is 3.61. The number of carbonyl (C=O) groups excluding carboxylic acids is 1. The molecule has 1 heterocycles. The van der Waals surface area contributed by atoms with Gasteiger partial charge in [-0.15, -0.1) is 0 Å². The van der Waals surface area contributed by atoms with E-state index in [1.165, 1.54) is 12.1 Å². The Hall–Kier alpha value is -3.93. The van der Waals surface area contributed by atoms with Crippen LogP contribution in [0.3, 0.4) is 0 Å². The second kappa shape index (κ2) is 9.47. The SMILES string of the molecule is COc1ccccc1-c1nn(Cc2ccccc2)cc1C(=O)NC(C)c1cccc(F)c1. The quantitative estimate of drug-likeness (QED) is 0.437. The highest BCUT2D eigenvalue weighted by atomic mass is 19.1. The highest BCUT2D eigenvalue weighted by Gasteiger charge is 2.22. The molecule has 32 heavy (non-hydrogen) atoms. The smallest absolute Gasteiger partial charge is 0.255 e. The third-order valence-corrected chi connectivity index (χ3v) is 5.25. The molecule has 4 rings (SSSR count). The largest absolute Gasteiger partial charge is 0.496 e. The molecular weight excluding hydrogens is 405 g/mol. The van der Waals surface area contributed by atoms with Crippen LogP contribution in [-0.4, -0.2) is 22.8 Å². The molecule has 6 heteroatoms. The van der Waals surface area contributed by atoms with Gasteiger partial charge in [-0.1, -0.05) is 54.6 Å². The van der Waals surface area contributed by atoms with Crippen LogP contribution in [0, 0.1) is 5.82 Å². The minimum absolute atomic E-state index is 0.290. The average Bonchev–Trinajstić information content (AvgIpc) is 3.23.